The molecule has 116 valence electrons. The van der Waals surface area contributed by atoms with Gasteiger partial charge in [-0.1, -0.05) is 6.07 Å². The third-order valence-corrected chi connectivity index (χ3v) is 4.60. The van der Waals surface area contributed by atoms with Crippen LogP contribution in [0, 0.1) is 17.1 Å². The Kier molecular flexibility index (Phi) is 3.78. The molecule has 0 aliphatic heterocycles. The van der Waals surface area contributed by atoms with Crippen LogP contribution in [0.1, 0.15) is 37.7 Å². The maximum Gasteiger partial charge on any atom is 0.228 e. The first-order valence-corrected chi connectivity index (χ1v) is 7.65. The number of methoxy groups -OCH3 is 1. The maximum atomic E-state index is 13.7. The molecule has 2 fully saturated rings. The monoisotopic (exact) mass is 302 g/mol. The number of hydrogen-bond donors (Lipinski definition) is 0. The summed E-state index contributed by atoms with van der Waals surface area (Å²) < 4.78 is 18.6. The fraction of sp³-hybridized carbons (Fsp3) is 0.529. The highest BCUT2D eigenvalue weighted by molar-refractivity contribution is 5.81. The molecule has 0 atom stereocenters. The van der Waals surface area contributed by atoms with Crippen LogP contribution in [0.4, 0.5) is 4.39 Å². The standard InChI is InChI=1S/C17H19FN2O2/c1-22-15-6-3-12(9-14(15)18)10-16(21)20(13-4-5-13)17(11-19)7-2-8-17/h3,6,9,13H,2,4-5,7-8,10H2,1H3. The van der Waals surface area contributed by atoms with Crippen LogP contribution in [0.3, 0.4) is 0 Å². The van der Waals surface area contributed by atoms with Crippen LogP contribution in [-0.4, -0.2) is 29.5 Å². The van der Waals surface area contributed by atoms with E-state index in [2.05, 4.69) is 6.07 Å². The summed E-state index contributed by atoms with van der Waals surface area (Å²) in [6.07, 6.45) is 4.55. The van der Waals surface area contributed by atoms with Gasteiger partial charge < -0.3 is 9.64 Å². The van der Waals surface area contributed by atoms with Gasteiger partial charge in [0.05, 0.1) is 19.6 Å². The number of nitriles is 1. The number of halogens is 1. The van der Waals surface area contributed by atoms with Crippen molar-refractivity contribution in [2.75, 3.05) is 7.11 Å². The van der Waals surface area contributed by atoms with E-state index in [1.165, 1.54) is 19.2 Å². The smallest absolute Gasteiger partial charge is 0.228 e. The minimum atomic E-state index is -0.622. The fourth-order valence-corrected chi connectivity index (χ4v) is 3.12. The van der Waals surface area contributed by atoms with Gasteiger partial charge in [-0.15, -0.1) is 0 Å². The van der Waals surface area contributed by atoms with Crippen LogP contribution in [-0.2, 0) is 11.2 Å². The lowest BCUT2D eigenvalue weighted by Crippen LogP contribution is -2.56. The molecule has 0 spiro atoms. The summed E-state index contributed by atoms with van der Waals surface area (Å²) in [6, 6.07) is 7.10. The van der Waals surface area contributed by atoms with Gasteiger partial charge in [0.25, 0.3) is 0 Å². The quantitative estimate of drug-likeness (QED) is 0.840. The van der Waals surface area contributed by atoms with E-state index >= 15 is 0 Å². The second-order valence-electron chi connectivity index (χ2n) is 6.14. The van der Waals surface area contributed by atoms with Crippen molar-refractivity contribution >= 4 is 5.91 Å². The molecule has 5 heteroatoms. The Hall–Kier alpha value is -2.09. The molecule has 22 heavy (non-hydrogen) atoms. The van der Waals surface area contributed by atoms with Crippen LogP contribution in [0.5, 0.6) is 5.75 Å². The van der Waals surface area contributed by atoms with E-state index < -0.39 is 11.4 Å². The van der Waals surface area contributed by atoms with Crippen LogP contribution in [0.15, 0.2) is 18.2 Å². The van der Waals surface area contributed by atoms with E-state index in [0.717, 1.165) is 32.1 Å². The van der Waals surface area contributed by atoms with E-state index in [9.17, 15) is 14.4 Å². The number of hydrogen-bond acceptors (Lipinski definition) is 3. The molecule has 2 aliphatic rings. The predicted molar refractivity (Wildman–Crippen MR) is 78.7 cm³/mol. The molecule has 1 aromatic carbocycles. The molecule has 2 aliphatic carbocycles. The highest BCUT2D eigenvalue weighted by atomic mass is 19.1. The second-order valence-corrected chi connectivity index (χ2v) is 6.14. The molecular formula is C17H19FN2O2. The van der Waals surface area contributed by atoms with Crippen molar-refractivity contribution in [1.82, 2.24) is 4.90 Å². The number of carbonyl (C=O) groups is 1. The summed E-state index contributed by atoms with van der Waals surface area (Å²) >= 11 is 0. The molecule has 1 amide bonds. The molecule has 3 rings (SSSR count). The summed E-state index contributed by atoms with van der Waals surface area (Å²) in [5.41, 5.74) is -0.00939. The average Bonchev–Trinajstić information content (AvgIpc) is 3.27. The van der Waals surface area contributed by atoms with Crippen molar-refractivity contribution in [3.63, 3.8) is 0 Å². The van der Waals surface area contributed by atoms with Gasteiger partial charge in [-0.2, -0.15) is 5.26 Å². The Balaban J connectivity index is 1.77. The third kappa shape index (κ3) is 2.54. The van der Waals surface area contributed by atoms with Gasteiger partial charge >= 0.3 is 0 Å². The number of carbonyl (C=O) groups excluding carboxylic acids is 1. The van der Waals surface area contributed by atoms with Crippen molar-refractivity contribution in [3.8, 4) is 11.8 Å². The van der Waals surface area contributed by atoms with E-state index in [-0.39, 0.29) is 24.1 Å². The minimum absolute atomic E-state index is 0.0756. The molecule has 0 N–H and O–H groups in total. The van der Waals surface area contributed by atoms with Gasteiger partial charge in [-0.05, 0) is 49.8 Å². The van der Waals surface area contributed by atoms with E-state index in [4.69, 9.17) is 4.74 Å². The van der Waals surface area contributed by atoms with Crippen molar-refractivity contribution in [3.05, 3.63) is 29.6 Å². The second kappa shape index (κ2) is 5.60. The van der Waals surface area contributed by atoms with E-state index in [1.54, 1.807) is 11.0 Å². The molecule has 2 saturated carbocycles. The van der Waals surface area contributed by atoms with Gasteiger partial charge in [0, 0.05) is 6.04 Å². The van der Waals surface area contributed by atoms with Gasteiger partial charge in [0.15, 0.2) is 11.6 Å². The topological polar surface area (TPSA) is 53.3 Å². The Morgan fingerprint density at radius 2 is 2.23 bits per heavy atom. The zero-order valence-corrected chi connectivity index (χ0v) is 12.6. The zero-order chi connectivity index (χ0) is 15.7. The predicted octanol–water partition coefficient (Wildman–Crippen LogP) is 2.81. The number of benzene rings is 1. The van der Waals surface area contributed by atoms with Crippen LogP contribution in [0.25, 0.3) is 0 Å². The molecule has 0 radical (unpaired) electrons. The Morgan fingerprint density at radius 1 is 1.50 bits per heavy atom. The highest BCUT2D eigenvalue weighted by Gasteiger charge is 2.50. The molecule has 4 nitrogen and oxygen atoms in total. The summed E-state index contributed by atoms with van der Waals surface area (Å²) in [6.45, 7) is 0. The Labute approximate surface area is 129 Å². The van der Waals surface area contributed by atoms with Crippen molar-refractivity contribution in [1.29, 1.82) is 5.26 Å². The molecular weight excluding hydrogens is 283 g/mol. The summed E-state index contributed by atoms with van der Waals surface area (Å²) in [5, 5.41) is 9.49. The van der Waals surface area contributed by atoms with Crippen molar-refractivity contribution in [2.24, 2.45) is 0 Å². The van der Waals surface area contributed by atoms with Gasteiger partial charge in [-0.25, -0.2) is 4.39 Å². The maximum absolute atomic E-state index is 13.7. The normalized spacial score (nSPS) is 19.0. The number of rotatable bonds is 5. The first-order valence-electron chi connectivity index (χ1n) is 7.65. The molecule has 0 unspecified atom stereocenters. The first kappa shape index (κ1) is 14.8. The van der Waals surface area contributed by atoms with Gasteiger partial charge in [-0.3, -0.25) is 4.79 Å². The minimum Gasteiger partial charge on any atom is -0.494 e. The number of amides is 1. The Morgan fingerprint density at radius 3 is 2.68 bits per heavy atom. The first-order chi connectivity index (χ1) is 10.6. The largest absolute Gasteiger partial charge is 0.494 e. The zero-order valence-electron chi connectivity index (χ0n) is 12.6. The third-order valence-electron chi connectivity index (χ3n) is 4.60. The SMILES string of the molecule is COc1ccc(CC(=O)N(C2CC2)C2(C#N)CCC2)cc1F. The fourth-order valence-electron chi connectivity index (χ4n) is 3.12. The van der Waals surface area contributed by atoms with Crippen LogP contribution >= 0.6 is 0 Å². The van der Waals surface area contributed by atoms with Crippen LogP contribution < -0.4 is 4.74 Å². The lowest BCUT2D eigenvalue weighted by atomic mass is 9.76. The number of ether oxygens (including phenoxy) is 1. The molecule has 1 aromatic rings. The van der Waals surface area contributed by atoms with Crippen LogP contribution in [0.2, 0.25) is 0 Å². The lowest BCUT2D eigenvalue weighted by molar-refractivity contribution is -0.138. The Bertz CT molecular complexity index is 630. The van der Waals surface area contributed by atoms with E-state index in [1.807, 2.05) is 0 Å². The van der Waals surface area contributed by atoms with E-state index in [0.29, 0.717) is 5.56 Å². The number of nitrogens with zero attached hydrogens (tertiary/aromatic N) is 2. The van der Waals surface area contributed by atoms with Crippen molar-refractivity contribution in [2.45, 2.75) is 50.1 Å². The molecule has 0 heterocycles. The molecule has 0 saturated heterocycles. The summed E-state index contributed by atoms with van der Waals surface area (Å²) in [7, 11) is 1.41. The summed E-state index contributed by atoms with van der Waals surface area (Å²) in [4.78, 5) is 14.5. The van der Waals surface area contributed by atoms with Gasteiger partial charge in [0.1, 0.15) is 5.54 Å². The molecule has 0 bridgehead atoms. The van der Waals surface area contributed by atoms with Crippen molar-refractivity contribution < 1.29 is 13.9 Å². The molecule has 0 aromatic heterocycles. The highest BCUT2D eigenvalue weighted by Crippen LogP contribution is 2.43. The summed E-state index contributed by atoms with van der Waals surface area (Å²) in [5.74, 6) is -0.375. The van der Waals surface area contributed by atoms with Gasteiger partial charge in [0.2, 0.25) is 5.91 Å². The average molecular weight is 302 g/mol. The lowest BCUT2D eigenvalue weighted by Gasteiger charge is -2.45.